The van der Waals surface area contributed by atoms with E-state index in [9.17, 15) is 9.18 Å². The molecule has 0 fully saturated rings. The highest BCUT2D eigenvalue weighted by Gasteiger charge is 2.36. The predicted molar refractivity (Wildman–Crippen MR) is 55.8 cm³/mol. The average molecular weight is 194 g/mol. The largest absolute Gasteiger partial charge is 0.291 e. The molecule has 0 amide bonds. The number of halogens is 1. The van der Waals surface area contributed by atoms with Gasteiger partial charge in [0.05, 0.1) is 0 Å². The van der Waals surface area contributed by atoms with Gasteiger partial charge in [-0.3, -0.25) is 4.79 Å². The van der Waals surface area contributed by atoms with Crippen molar-refractivity contribution in [3.8, 4) is 0 Å². The lowest BCUT2D eigenvalue weighted by atomic mass is 9.93. The standard InChI is InChI=1S/C12H15FO/c1-4-9-7-6-8-12(3,13)11(14)10(9)5-2/h4-5H,1-2,6-8H2,3H3. The first-order chi connectivity index (χ1) is 6.53. The molecule has 0 saturated heterocycles. The van der Waals surface area contributed by atoms with Gasteiger partial charge in [-0.1, -0.05) is 25.3 Å². The zero-order valence-corrected chi connectivity index (χ0v) is 8.48. The summed E-state index contributed by atoms with van der Waals surface area (Å²) < 4.78 is 13.8. The fraction of sp³-hybridized carbons (Fsp3) is 0.417. The Kier molecular flexibility index (Phi) is 3.04. The van der Waals surface area contributed by atoms with Gasteiger partial charge in [0.15, 0.2) is 11.5 Å². The summed E-state index contributed by atoms with van der Waals surface area (Å²) in [6, 6.07) is 0. The Labute approximate surface area is 84.0 Å². The van der Waals surface area contributed by atoms with Crippen LogP contribution in [-0.2, 0) is 4.79 Å². The van der Waals surface area contributed by atoms with E-state index in [0.717, 1.165) is 5.57 Å². The summed E-state index contributed by atoms with van der Waals surface area (Å²) in [6.45, 7) is 8.51. The molecule has 0 spiro atoms. The lowest BCUT2D eigenvalue weighted by Gasteiger charge is -2.16. The molecule has 76 valence electrons. The number of carbonyl (C=O) groups excluding carboxylic acids is 1. The van der Waals surface area contributed by atoms with E-state index < -0.39 is 11.5 Å². The smallest absolute Gasteiger partial charge is 0.199 e. The monoisotopic (exact) mass is 194 g/mol. The van der Waals surface area contributed by atoms with Crippen molar-refractivity contribution in [3.05, 3.63) is 36.5 Å². The second kappa shape index (κ2) is 3.91. The van der Waals surface area contributed by atoms with Gasteiger partial charge in [0, 0.05) is 5.57 Å². The fourth-order valence-corrected chi connectivity index (χ4v) is 1.72. The highest BCUT2D eigenvalue weighted by atomic mass is 19.1. The Hall–Kier alpha value is -1.18. The van der Waals surface area contributed by atoms with Crippen LogP contribution in [0.5, 0.6) is 0 Å². The molecule has 1 atom stereocenters. The van der Waals surface area contributed by atoms with Gasteiger partial charge in [-0.25, -0.2) is 4.39 Å². The van der Waals surface area contributed by atoms with E-state index >= 15 is 0 Å². The number of hydrogen-bond acceptors (Lipinski definition) is 1. The molecule has 0 aromatic heterocycles. The summed E-state index contributed by atoms with van der Waals surface area (Å²) in [5.41, 5.74) is -0.539. The van der Waals surface area contributed by atoms with E-state index in [0.29, 0.717) is 18.4 Å². The van der Waals surface area contributed by atoms with Gasteiger partial charge >= 0.3 is 0 Å². The molecule has 0 heterocycles. The first-order valence-corrected chi connectivity index (χ1v) is 4.74. The van der Waals surface area contributed by atoms with Gasteiger partial charge < -0.3 is 0 Å². The maximum absolute atomic E-state index is 13.8. The average Bonchev–Trinajstić information content (AvgIpc) is 2.25. The van der Waals surface area contributed by atoms with E-state index in [1.807, 2.05) is 0 Å². The quantitative estimate of drug-likeness (QED) is 0.660. The lowest BCUT2D eigenvalue weighted by molar-refractivity contribution is -0.125. The van der Waals surface area contributed by atoms with Crippen molar-refractivity contribution in [2.45, 2.75) is 31.9 Å². The van der Waals surface area contributed by atoms with Crippen LogP contribution < -0.4 is 0 Å². The van der Waals surface area contributed by atoms with Crippen LogP contribution in [0.4, 0.5) is 4.39 Å². The Morgan fingerprint density at radius 2 is 2.07 bits per heavy atom. The molecule has 0 saturated carbocycles. The number of ketones is 1. The van der Waals surface area contributed by atoms with Crippen molar-refractivity contribution in [1.29, 1.82) is 0 Å². The third-order valence-corrected chi connectivity index (χ3v) is 2.61. The van der Waals surface area contributed by atoms with Gasteiger partial charge in [-0.15, -0.1) is 0 Å². The molecular weight excluding hydrogens is 179 g/mol. The zero-order valence-electron chi connectivity index (χ0n) is 8.48. The van der Waals surface area contributed by atoms with Crippen LogP contribution in [0.3, 0.4) is 0 Å². The Bertz CT molecular complexity index is 310. The molecule has 0 aromatic rings. The van der Waals surface area contributed by atoms with Gasteiger partial charge in [0.1, 0.15) is 0 Å². The summed E-state index contributed by atoms with van der Waals surface area (Å²) >= 11 is 0. The van der Waals surface area contributed by atoms with Crippen LogP contribution in [0.1, 0.15) is 26.2 Å². The third kappa shape index (κ3) is 1.84. The molecule has 0 N–H and O–H groups in total. The molecule has 1 unspecified atom stereocenters. The molecule has 0 aliphatic heterocycles. The van der Waals surface area contributed by atoms with E-state index in [1.165, 1.54) is 13.0 Å². The summed E-state index contributed by atoms with van der Waals surface area (Å²) in [6.07, 6.45) is 4.72. The second-order valence-electron chi connectivity index (χ2n) is 3.73. The molecule has 2 heteroatoms. The molecule has 1 aliphatic carbocycles. The molecular formula is C12H15FO. The molecule has 1 nitrogen and oxygen atoms in total. The van der Waals surface area contributed by atoms with Crippen molar-refractivity contribution in [2.24, 2.45) is 0 Å². The summed E-state index contributed by atoms with van der Waals surface area (Å²) in [4.78, 5) is 11.7. The summed E-state index contributed by atoms with van der Waals surface area (Å²) in [5, 5.41) is 0. The van der Waals surface area contributed by atoms with Crippen LogP contribution in [0.2, 0.25) is 0 Å². The number of Topliss-reactive ketones (excluding diaryl/α,β-unsaturated/α-hetero) is 1. The van der Waals surface area contributed by atoms with Crippen LogP contribution in [0, 0.1) is 0 Å². The third-order valence-electron chi connectivity index (χ3n) is 2.61. The Balaban J connectivity index is 3.20. The number of carbonyl (C=O) groups is 1. The maximum Gasteiger partial charge on any atom is 0.199 e. The first kappa shape index (κ1) is 10.9. The first-order valence-electron chi connectivity index (χ1n) is 4.74. The van der Waals surface area contributed by atoms with Crippen molar-refractivity contribution < 1.29 is 9.18 Å². The second-order valence-corrected chi connectivity index (χ2v) is 3.73. The topological polar surface area (TPSA) is 17.1 Å². The van der Waals surface area contributed by atoms with Crippen LogP contribution in [0.25, 0.3) is 0 Å². The minimum Gasteiger partial charge on any atom is -0.291 e. The zero-order chi connectivity index (χ0) is 10.8. The Morgan fingerprint density at radius 3 is 2.57 bits per heavy atom. The highest BCUT2D eigenvalue weighted by Crippen LogP contribution is 2.31. The van der Waals surface area contributed by atoms with E-state index in [-0.39, 0.29) is 6.42 Å². The molecule has 1 aliphatic rings. The van der Waals surface area contributed by atoms with Gasteiger partial charge in [-0.2, -0.15) is 0 Å². The highest BCUT2D eigenvalue weighted by molar-refractivity contribution is 6.04. The number of allylic oxidation sites excluding steroid dienone is 4. The van der Waals surface area contributed by atoms with Crippen LogP contribution in [0.15, 0.2) is 36.5 Å². The number of hydrogen-bond donors (Lipinski definition) is 0. The lowest BCUT2D eigenvalue weighted by Crippen LogP contribution is -2.30. The molecule has 0 aromatic carbocycles. The van der Waals surface area contributed by atoms with E-state index in [4.69, 9.17) is 0 Å². The van der Waals surface area contributed by atoms with Gasteiger partial charge in [0.2, 0.25) is 0 Å². The molecule has 0 radical (unpaired) electrons. The maximum atomic E-state index is 13.8. The predicted octanol–water partition coefficient (Wildman–Crippen LogP) is 3.14. The van der Waals surface area contributed by atoms with Crippen molar-refractivity contribution in [3.63, 3.8) is 0 Å². The number of rotatable bonds is 2. The van der Waals surface area contributed by atoms with Crippen molar-refractivity contribution in [2.75, 3.05) is 0 Å². The Morgan fingerprint density at radius 1 is 1.43 bits per heavy atom. The number of alkyl halides is 1. The molecule has 14 heavy (non-hydrogen) atoms. The van der Waals surface area contributed by atoms with Crippen LogP contribution >= 0.6 is 0 Å². The van der Waals surface area contributed by atoms with Gasteiger partial charge in [-0.05, 0) is 31.8 Å². The van der Waals surface area contributed by atoms with E-state index in [2.05, 4.69) is 13.2 Å². The van der Waals surface area contributed by atoms with Crippen LogP contribution in [-0.4, -0.2) is 11.5 Å². The fourth-order valence-electron chi connectivity index (χ4n) is 1.72. The summed E-state index contributed by atoms with van der Waals surface area (Å²) in [7, 11) is 0. The summed E-state index contributed by atoms with van der Waals surface area (Å²) in [5.74, 6) is -0.458. The van der Waals surface area contributed by atoms with Gasteiger partial charge in [0.25, 0.3) is 0 Å². The molecule has 0 bridgehead atoms. The minimum absolute atomic E-state index is 0.278. The van der Waals surface area contributed by atoms with E-state index in [1.54, 1.807) is 6.08 Å². The van der Waals surface area contributed by atoms with Crippen molar-refractivity contribution in [1.82, 2.24) is 0 Å². The molecule has 1 rings (SSSR count). The SMILES string of the molecule is C=CC1=C(C=C)C(=O)C(C)(F)CCC1. The minimum atomic E-state index is -1.74. The van der Waals surface area contributed by atoms with Crippen molar-refractivity contribution >= 4 is 5.78 Å². The normalized spacial score (nSPS) is 28.6.